The maximum atomic E-state index is 12.2. The van der Waals surface area contributed by atoms with Gasteiger partial charge in [0.25, 0.3) is 0 Å². The van der Waals surface area contributed by atoms with Crippen molar-refractivity contribution < 1.29 is 8.42 Å². The first-order chi connectivity index (χ1) is 7.47. The lowest BCUT2D eigenvalue weighted by molar-refractivity contribution is 0.248. The van der Waals surface area contributed by atoms with E-state index >= 15 is 0 Å². The molecule has 1 rings (SSSR count). The van der Waals surface area contributed by atoms with Gasteiger partial charge >= 0.3 is 0 Å². The first-order valence-corrected chi connectivity index (χ1v) is 7.72. The van der Waals surface area contributed by atoms with Crippen molar-refractivity contribution in [3.8, 4) is 0 Å². The highest BCUT2D eigenvalue weighted by molar-refractivity contribution is 7.89. The molecule has 0 aliphatic carbocycles. The van der Waals surface area contributed by atoms with Gasteiger partial charge in [-0.15, -0.1) is 0 Å². The van der Waals surface area contributed by atoms with Gasteiger partial charge in [-0.05, 0) is 25.8 Å². The zero-order chi connectivity index (χ0) is 12.2. The Hall–Kier alpha value is -0.130. The number of likely N-dealkylation sites (N-methyl/N-ethyl adjacent to an activating group) is 1. The molecule has 1 heterocycles. The molecule has 0 aromatic heterocycles. The number of nitrogens with one attached hydrogen (secondary N) is 1. The zero-order valence-electron chi connectivity index (χ0n) is 10.6. The fourth-order valence-corrected chi connectivity index (χ4v) is 4.37. The molecule has 0 saturated carbocycles. The van der Waals surface area contributed by atoms with Crippen molar-refractivity contribution in [3.05, 3.63) is 0 Å². The number of piperidine rings is 1. The van der Waals surface area contributed by atoms with Crippen LogP contribution >= 0.6 is 0 Å². The van der Waals surface area contributed by atoms with E-state index in [9.17, 15) is 8.42 Å². The van der Waals surface area contributed by atoms with Gasteiger partial charge in [0.1, 0.15) is 0 Å². The van der Waals surface area contributed by atoms with E-state index in [1.54, 1.807) is 4.31 Å². The minimum atomic E-state index is -3.06. The number of sulfonamides is 1. The number of hydrogen-bond donors (Lipinski definition) is 1. The molecule has 4 nitrogen and oxygen atoms in total. The lowest BCUT2D eigenvalue weighted by Crippen LogP contribution is -2.49. The smallest absolute Gasteiger partial charge is 0.214 e. The molecule has 1 atom stereocenters. The summed E-state index contributed by atoms with van der Waals surface area (Å²) >= 11 is 0. The summed E-state index contributed by atoms with van der Waals surface area (Å²) in [4.78, 5) is 0. The van der Waals surface area contributed by atoms with E-state index in [1.165, 1.54) is 0 Å². The van der Waals surface area contributed by atoms with Gasteiger partial charge in [0, 0.05) is 19.1 Å². The summed E-state index contributed by atoms with van der Waals surface area (Å²) in [6.07, 6.45) is 3.12. The Morgan fingerprint density at radius 2 is 2.06 bits per heavy atom. The summed E-state index contributed by atoms with van der Waals surface area (Å²) in [5.74, 6) is 0.467. The summed E-state index contributed by atoms with van der Waals surface area (Å²) in [6.45, 7) is 5.36. The normalized spacial score (nSPS) is 23.9. The van der Waals surface area contributed by atoms with Gasteiger partial charge in [0.2, 0.25) is 10.0 Å². The van der Waals surface area contributed by atoms with E-state index < -0.39 is 10.0 Å². The fraction of sp³-hybridized carbons (Fsp3) is 1.00. The molecule has 0 bridgehead atoms. The van der Waals surface area contributed by atoms with E-state index in [1.807, 2.05) is 20.9 Å². The van der Waals surface area contributed by atoms with E-state index in [0.29, 0.717) is 6.54 Å². The van der Waals surface area contributed by atoms with Gasteiger partial charge in [0.15, 0.2) is 0 Å². The average molecular weight is 248 g/mol. The fourth-order valence-electron chi connectivity index (χ4n) is 2.30. The summed E-state index contributed by atoms with van der Waals surface area (Å²) < 4.78 is 26.1. The van der Waals surface area contributed by atoms with Crippen molar-refractivity contribution in [3.63, 3.8) is 0 Å². The van der Waals surface area contributed by atoms with Crippen molar-refractivity contribution in [2.75, 3.05) is 25.9 Å². The molecular weight excluding hydrogens is 224 g/mol. The summed E-state index contributed by atoms with van der Waals surface area (Å²) in [7, 11) is -1.18. The molecule has 1 unspecified atom stereocenters. The van der Waals surface area contributed by atoms with Crippen LogP contribution < -0.4 is 5.32 Å². The SMILES string of the molecule is CNCC1CCCCN1S(=O)(=O)CC(C)C. The Morgan fingerprint density at radius 3 is 2.62 bits per heavy atom. The minimum Gasteiger partial charge on any atom is -0.318 e. The Balaban J connectivity index is 2.73. The van der Waals surface area contributed by atoms with Crippen LogP contribution in [0.15, 0.2) is 0 Å². The summed E-state index contributed by atoms with van der Waals surface area (Å²) in [5, 5.41) is 3.09. The van der Waals surface area contributed by atoms with Crippen LogP contribution in [0.4, 0.5) is 0 Å². The van der Waals surface area contributed by atoms with E-state index in [2.05, 4.69) is 5.32 Å². The second kappa shape index (κ2) is 5.98. The standard InChI is InChI=1S/C11H24N2O2S/c1-10(2)9-16(14,15)13-7-5-4-6-11(13)8-12-3/h10-12H,4-9H2,1-3H3. The van der Waals surface area contributed by atoms with Crippen LogP contribution in [0.3, 0.4) is 0 Å². The molecule has 0 amide bonds. The van der Waals surface area contributed by atoms with E-state index in [-0.39, 0.29) is 17.7 Å². The highest BCUT2D eigenvalue weighted by Gasteiger charge is 2.31. The first-order valence-electron chi connectivity index (χ1n) is 6.11. The Kier molecular flexibility index (Phi) is 5.21. The summed E-state index contributed by atoms with van der Waals surface area (Å²) in [6, 6.07) is 0.155. The molecule has 1 aliphatic rings. The number of nitrogens with zero attached hydrogens (tertiary/aromatic N) is 1. The molecule has 5 heteroatoms. The molecular formula is C11H24N2O2S. The van der Waals surface area contributed by atoms with E-state index in [4.69, 9.17) is 0 Å². The molecule has 1 N–H and O–H groups in total. The molecule has 0 aromatic rings. The Morgan fingerprint density at radius 1 is 1.38 bits per heavy atom. The average Bonchev–Trinajstić information content (AvgIpc) is 2.17. The van der Waals surface area contributed by atoms with Gasteiger partial charge in [-0.1, -0.05) is 20.3 Å². The monoisotopic (exact) mass is 248 g/mol. The third-order valence-electron chi connectivity index (χ3n) is 2.91. The number of rotatable bonds is 5. The maximum Gasteiger partial charge on any atom is 0.214 e. The molecule has 1 saturated heterocycles. The van der Waals surface area contributed by atoms with Crippen molar-refractivity contribution in [1.82, 2.24) is 9.62 Å². The quantitative estimate of drug-likeness (QED) is 0.791. The Labute approximate surface area is 99.5 Å². The molecule has 0 radical (unpaired) electrons. The van der Waals surface area contributed by atoms with Crippen molar-refractivity contribution in [2.24, 2.45) is 5.92 Å². The third kappa shape index (κ3) is 3.71. The zero-order valence-corrected chi connectivity index (χ0v) is 11.4. The van der Waals surface area contributed by atoms with Crippen LogP contribution in [-0.4, -0.2) is 44.7 Å². The van der Waals surface area contributed by atoms with Crippen molar-refractivity contribution >= 4 is 10.0 Å². The predicted octanol–water partition coefficient (Wildman–Crippen LogP) is 1.05. The molecule has 0 aromatic carbocycles. The molecule has 1 fully saturated rings. The molecule has 96 valence electrons. The van der Waals surface area contributed by atoms with Crippen LogP contribution in [0.1, 0.15) is 33.1 Å². The number of hydrogen-bond acceptors (Lipinski definition) is 3. The van der Waals surface area contributed by atoms with Crippen LogP contribution in [-0.2, 0) is 10.0 Å². The topological polar surface area (TPSA) is 49.4 Å². The molecule has 1 aliphatic heterocycles. The van der Waals surface area contributed by atoms with Crippen LogP contribution in [0, 0.1) is 5.92 Å². The van der Waals surface area contributed by atoms with Gasteiger partial charge in [-0.2, -0.15) is 4.31 Å². The second-order valence-electron chi connectivity index (χ2n) is 4.99. The Bertz CT molecular complexity index is 299. The van der Waals surface area contributed by atoms with Gasteiger partial charge in [-0.25, -0.2) is 8.42 Å². The van der Waals surface area contributed by atoms with Gasteiger partial charge in [-0.3, -0.25) is 0 Å². The summed E-state index contributed by atoms with van der Waals surface area (Å²) in [5.41, 5.74) is 0. The largest absolute Gasteiger partial charge is 0.318 e. The van der Waals surface area contributed by atoms with Crippen molar-refractivity contribution in [1.29, 1.82) is 0 Å². The van der Waals surface area contributed by atoms with Crippen LogP contribution in [0.5, 0.6) is 0 Å². The highest BCUT2D eigenvalue weighted by Crippen LogP contribution is 2.21. The lowest BCUT2D eigenvalue weighted by atomic mass is 10.1. The van der Waals surface area contributed by atoms with Crippen LogP contribution in [0.25, 0.3) is 0 Å². The molecule has 0 spiro atoms. The van der Waals surface area contributed by atoms with Gasteiger partial charge in [0.05, 0.1) is 5.75 Å². The highest BCUT2D eigenvalue weighted by atomic mass is 32.2. The lowest BCUT2D eigenvalue weighted by Gasteiger charge is -2.35. The van der Waals surface area contributed by atoms with Crippen LogP contribution in [0.2, 0.25) is 0 Å². The van der Waals surface area contributed by atoms with Crippen molar-refractivity contribution in [2.45, 2.75) is 39.2 Å². The second-order valence-corrected chi connectivity index (χ2v) is 6.96. The first kappa shape index (κ1) is 13.9. The van der Waals surface area contributed by atoms with Gasteiger partial charge < -0.3 is 5.32 Å². The maximum absolute atomic E-state index is 12.2. The molecule has 16 heavy (non-hydrogen) atoms. The van der Waals surface area contributed by atoms with E-state index in [0.717, 1.165) is 25.8 Å². The predicted molar refractivity (Wildman–Crippen MR) is 66.9 cm³/mol. The minimum absolute atomic E-state index is 0.155. The third-order valence-corrected chi connectivity index (χ3v) is 5.20.